The number of carbonyl (C=O) groups excluding carboxylic acids is 1. The van der Waals surface area contributed by atoms with Crippen LogP contribution in [0.25, 0.3) is 11.5 Å². The molecule has 0 bridgehead atoms. The van der Waals surface area contributed by atoms with Crippen LogP contribution in [0.1, 0.15) is 39.3 Å². The predicted octanol–water partition coefficient (Wildman–Crippen LogP) is 3.83. The number of nitrogens with one attached hydrogen (secondary N) is 1. The summed E-state index contributed by atoms with van der Waals surface area (Å²) < 4.78 is 5.44. The first-order valence-electron chi connectivity index (χ1n) is 7.83. The number of oxazole rings is 1. The SMILES string of the molecule is CC(C)CC[C@H](C)NC(=O)Cc1coc(-c2ccccc2)n1. The maximum atomic E-state index is 12.0. The molecule has 4 heteroatoms. The summed E-state index contributed by atoms with van der Waals surface area (Å²) in [6, 6.07) is 9.87. The highest BCUT2D eigenvalue weighted by Gasteiger charge is 2.12. The maximum absolute atomic E-state index is 12.0. The van der Waals surface area contributed by atoms with Crippen molar-refractivity contribution in [1.82, 2.24) is 10.3 Å². The van der Waals surface area contributed by atoms with Gasteiger partial charge in [-0.25, -0.2) is 4.98 Å². The summed E-state index contributed by atoms with van der Waals surface area (Å²) in [6.07, 6.45) is 3.92. The molecule has 2 rings (SSSR count). The molecule has 1 aromatic heterocycles. The Morgan fingerprint density at radius 2 is 1.91 bits per heavy atom. The van der Waals surface area contributed by atoms with Gasteiger partial charge in [0.25, 0.3) is 0 Å². The molecule has 1 heterocycles. The summed E-state index contributed by atoms with van der Waals surface area (Å²) in [4.78, 5) is 16.4. The minimum absolute atomic E-state index is 0.0100. The van der Waals surface area contributed by atoms with Crippen LogP contribution in [0.15, 0.2) is 41.0 Å². The van der Waals surface area contributed by atoms with E-state index in [1.165, 1.54) is 0 Å². The highest BCUT2D eigenvalue weighted by atomic mass is 16.3. The third-order valence-corrected chi connectivity index (χ3v) is 3.50. The number of amides is 1. The number of carbonyl (C=O) groups is 1. The first-order valence-corrected chi connectivity index (χ1v) is 7.83. The first kappa shape index (κ1) is 16.3. The number of benzene rings is 1. The topological polar surface area (TPSA) is 55.1 Å². The van der Waals surface area contributed by atoms with Crippen LogP contribution in [-0.4, -0.2) is 16.9 Å². The van der Waals surface area contributed by atoms with Gasteiger partial charge < -0.3 is 9.73 Å². The fourth-order valence-electron chi connectivity index (χ4n) is 2.25. The second kappa shape index (κ2) is 7.78. The summed E-state index contributed by atoms with van der Waals surface area (Å²) >= 11 is 0. The highest BCUT2D eigenvalue weighted by molar-refractivity contribution is 5.78. The van der Waals surface area contributed by atoms with Crippen LogP contribution >= 0.6 is 0 Å². The van der Waals surface area contributed by atoms with Crippen molar-refractivity contribution in [3.8, 4) is 11.5 Å². The zero-order valence-corrected chi connectivity index (χ0v) is 13.5. The van der Waals surface area contributed by atoms with E-state index >= 15 is 0 Å². The minimum atomic E-state index is -0.0100. The number of hydrogen-bond acceptors (Lipinski definition) is 3. The van der Waals surface area contributed by atoms with Crippen LogP contribution in [0, 0.1) is 5.92 Å². The lowest BCUT2D eigenvalue weighted by Gasteiger charge is -2.14. The third kappa shape index (κ3) is 5.02. The van der Waals surface area contributed by atoms with Gasteiger partial charge >= 0.3 is 0 Å². The van der Waals surface area contributed by atoms with Crippen molar-refractivity contribution < 1.29 is 9.21 Å². The van der Waals surface area contributed by atoms with E-state index in [0.29, 0.717) is 17.5 Å². The normalized spacial score (nSPS) is 12.4. The van der Waals surface area contributed by atoms with E-state index in [-0.39, 0.29) is 18.4 Å². The van der Waals surface area contributed by atoms with Crippen molar-refractivity contribution in [3.05, 3.63) is 42.3 Å². The number of aromatic nitrogens is 1. The van der Waals surface area contributed by atoms with Gasteiger partial charge in [-0.3, -0.25) is 4.79 Å². The van der Waals surface area contributed by atoms with Crippen molar-refractivity contribution in [3.63, 3.8) is 0 Å². The summed E-state index contributed by atoms with van der Waals surface area (Å²) in [5.41, 5.74) is 1.58. The predicted molar refractivity (Wildman–Crippen MR) is 87.3 cm³/mol. The Bertz CT molecular complexity index is 590. The van der Waals surface area contributed by atoms with Crippen LogP contribution in [-0.2, 0) is 11.2 Å². The van der Waals surface area contributed by atoms with Gasteiger partial charge in [-0.15, -0.1) is 0 Å². The van der Waals surface area contributed by atoms with Gasteiger partial charge in [0, 0.05) is 11.6 Å². The Morgan fingerprint density at radius 1 is 1.18 bits per heavy atom. The molecule has 0 aliphatic carbocycles. The van der Waals surface area contributed by atoms with Crippen LogP contribution in [0.2, 0.25) is 0 Å². The molecule has 118 valence electrons. The Labute approximate surface area is 131 Å². The fourth-order valence-corrected chi connectivity index (χ4v) is 2.25. The zero-order chi connectivity index (χ0) is 15.9. The van der Waals surface area contributed by atoms with Crippen LogP contribution in [0.3, 0.4) is 0 Å². The molecular formula is C18H24N2O2. The molecule has 0 fully saturated rings. The molecular weight excluding hydrogens is 276 g/mol. The zero-order valence-electron chi connectivity index (χ0n) is 13.5. The second-order valence-electron chi connectivity index (χ2n) is 6.13. The van der Waals surface area contributed by atoms with E-state index in [1.807, 2.05) is 37.3 Å². The van der Waals surface area contributed by atoms with Gasteiger partial charge in [0.1, 0.15) is 6.26 Å². The lowest BCUT2D eigenvalue weighted by Crippen LogP contribution is -2.33. The molecule has 0 aliphatic heterocycles. The second-order valence-corrected chi connectivity index (χ2v) is 6.13. The first-order chi connectivity index (χ1) is 10.5. The fraction of sp³-hybridized carbons (Fsp3) is 0.444. The number of hydrogen-bond donors (Lipinski definition) is 1. The quantitative estimate of drug-likeness (QED) is 0.845. The van der Waals surface area contributed by atoms with Crippen LogP contribution in [0.5, 0.6) is 0 Å². The monoisotopic (exact) mass is 300 g/mol. The van der Waals surface area contributed by atoms with E-state index in [4.69, 9.17) is 4.42 Å². The largest absolute Gasteiger partial charge is 0.444 e. The molecule has 4 nitrogen and oxygen atoms in total. The molecule has 0 saturated heterocycles. The minimum Gasteiger partial charge on any atom is -0.444 e. The van der Waals surface area contributed by atoms with Crippen LogP contribution < -0.4 is 5.32 Å². The van der Waals surface area contributed by atoms with Crippen molar-refractivity contribution in [2.24, 2.45) is 5.92 Å². The van der Waals surface area contributed by atoms with Gasteiger partial charge in [-0.2, -0.15) is 0 Å². The summed E-state index contributed by atoms with van der Waals surface area (Å²) in [7, 11) is 0. The van der Waals surface area contributed by atoms with Crippen molar-refractivity contribution >= 4 is 5.91 Å². The van der Waals surface area contributed by atoms with E-state index < -0.39 is 0 Å². The Kier molecular flexibility index (Phi) is 5.75. The molecule has 0 saturated carbocycles. The smallest absolute Gasteiger partial charge is 0.226 e. The van der Waals surface area contributed by atoms with Gasteiger partial charge in [-0.05, 0) is 37.8 Å². The van der Waals surface area contributed by atoms with E-state index in [9.17, 15) is 4.79 Å². The summed E-state index contributed by atoms with van der Waals surface area (Å²) in [5, 5.41) is 3.01. The van der Waals surface area contributed by atoms with Crippen molar-refractivity contribution in [2.75, 3.05) is 0 Å². The Balaban J connectivity index is 1.86. The Morgan fingerprint density at radius 3 is 2.59 bits per heavy atom. The molecule has 0 aliphatic rings. The maximum Gasteiger partial charge on any atom is 0.226 e. The molecule has 0 radical (unpaired) electrons. The van der Waals surface area contributed by atoms with Crippen molar-refractivity contribution in [2.45, 2.75) is 46.1 Å². The van der Waals surface area contributed by atoms with E-state index in [2.05, 4.69) is 24.1 Å². The third-order valence-electron chi connectivity index (χ3n) is 3.50. The lowest BCUT2D eigenvalue weighted by atomic mass is 10.0. The summed E-state index contributed by atoms with van der Waals surface area (Å²) in [5.74, 6) is 1.20. The van der Waals surface area contributed by atoms with Gasteiger partial charge in [-0.1, -0.05) is 32.0 Å². The average Bonchev–Trinajstić information content (AvgIpc) is 2.94. The molecule has 1 N–H and O–H groups in total. The van der Waals surface area contributed by atoms with Gasteiger partial charge in [0.2, 0.25) is 11.8 Å². The molecule has 1 amide bonds. The lowest BCUT2D eigenvalue weighted by molar-refractivity contribution is -0.121. The molecule has 22 heavy (non-hydrogen) atoms. The average molecular weight is 300 g/mol. The highest BCUT2D eigenvalue weighted by Crippen LogP contribution is 2.18. The molecule has 1 aromatic carbocycles. The van der Waals surface area contributed by atoms with Gasteiger partial charge in [0.15, 0.2) is 0 Å². The van der Waals surface area contributed by atoms with Gasteiger partial charge in [0.05, 0.1) is 12.1 Å². The number of nitrogens with zero attached hydrogens (tertiary/aromatic N) is 1. The standard InChI is InChI=1S/C18H24N2O2/c1-13(2)9-10-14(3)19-17(21)11-16-12-22-18(20-16)15-7-5-4-6-8-15/h4-8,12-14H,9-11H2,1-3H3,(H,19,21)/t14-/m0/s1. The Hall–Kier alpha value is -2.10. The molecule has 1 atom stereocenters. The van der Waals surface area contributed by atoms with Crippen LogP contribution in [0.4, 0.5) is 0 Å². The van der Waals surface area contributed by atoms with Crippen molar-refractivity contribution in [1.29, 1.82) is 0 Å². The van der Waals surface area contributed by atoms with E-state index in [0.717, 1.165) is 18.4 Å². The molecule has 0 spiro atoms. The van der Waals surface area contributed by atoms with E-state index in [1.54, 1.807) is 6.26 Å². The number of rotatable bonds is 7. The molecule has 2 aromatic rings. The molecule has 0 unspecified atom stereocenters. The summed E-state index contributed by atoms with van der Waals surface area (Å²) in [6.45, 7) is 6.42.